The molecule has 0 N–H and O–H groups in total. The van der Waals surface area contributed by atoms with E-state index in [1.54, 1.807) is 11.3 Å². The molecule has 0 saturated carbocycles. The smallest absolute Gasteiger partial charge is 0.181 e. The third-order valence-electron chi connectivity index (χ3n) is 2.00. The Morgan fingerprint density at radius 1 is 1.50 bits per heavy atom. The van der Waals surface area contributed by atoms with Crippen LogP contribution >= 0.6 is 27.3 Å². The van der Waals surface area contributed by atoms with Crippen LogP contribution in [0.3, 0.4) is 0 Å². The Morgan fingerprint density at radius 2 is 2.36 bits per heavy atom. The summed E-state index contributed by atoms with van der Waals surface area (Å²) < 4.78 is 5.37. The first-order valence-corrected chi connectivity index (χ1v) is 6.36. The molecule has 2 rings (SSSR count). The Morgan fingerprint density at radius 3 is 3.00 bits per heavy atom. The summed E-state index contributed by atoms with van der Waals surface area (Å²) in [6.07, 6.45) is 2.57. The van der Waals surface area contributed by atoms with E-state index in [2.05, 4.69) is 40.0 Å². The monoisotopic (exact) mass is 271 g/mol. The molecule has 14 heavy (non-hydrogen) atoms. The fraction of sp³-hybridized carbons (Fsp3) is 0.300. The van der Waals surface area contributed by atoms with E-state index in [0.29, 0.717) is 0 Å². The number of nitrogens with zero attached hydrogens (tertiary/aromatic N) is 1. The number of hydrogen-bond acceptors (Lipinski definition) is 3. The highest BCUT2D eigenvalue weighted by Crippen LogP contribution is 2.31. The molecule has 0 aromatic carbocycles. The summed E-state index contributed by atoms with van der Waals surface area (Å²) in [5.74, 6) is 0.895. The van der Waals surface area contributed by atoms with Crippen LogP contribution in [0.25, 0.3) is 10.6 Å². The largest absolute Gasteiger partial charge is 0.442 e. The third-order valence-corrected chi connectivity index (χ3v) is 3.76. The first-order valence-electron chi connectivity index (χ1n) is 4.42. The Hall–Kier alpha value is -0.610. The molecule has 0 unspecified atom stereocenters. The van der Waals surface area contributed by atoms with Crippen LogP contribution < -0.4 is 0 Å². The molecule has 0 aliphatic rings. The van der Waals surface area contributed by atoms with E-state index >= 15 is 0 Å². The number of thiophene rings is 1. The number of aromatic nitrogens is 1. The minimum Gasteiger partial charge on any atom is -0.442 e. The van der Waals surface area contributed by atoms with Gasteiger partial charge in [0.25, 0.3) is 0 Å². The van der Waals surface area contributed by atoms with E-state index in [4.69, 9.17) is 4.42 Å². The number of halogens is 1. The van der Waals surface area contributed by atoms with Crippen molar-refractivity contribution in [2.45, 2.75) is 18.7 Å². The molecule has 0 fully saturated rings. The van der Waals surface area contributed by atoms with Gasteiger partial charge in [-0.15, -0.1) is 11.3 Å². The van der Waals surface area contributed by atoms with E-state index in [0.717, 1.165) is 28.1 Å². The summed E-state index contributed by atoms with van der Waals surface area (Å²) in [5.41, 5.74) is 0.967. The zero-order valence-electron chi connectivity index (χ0n) is 7.79. The standard InChI is InChI=1S/C10H10BrNOS/c1-2-7-3-4-9(14-7)10-8(5-11)12-6-13-10/h3-4,6H,2,5H2,1H3. The molecule has 0 aliphatic heterocycles. The van der Waals surface area contributed by atoms with Crippen molar-refractivity contribution in [1.29, 1.82) is 0 Å². The fourth-order valence-electron chi connectivity index (χ4n) is 1.25. The summed E-state index contributed by atoms with van der Waals surface area (Å²) in [4.78, 5) is 6.67. The van der Waals surface area contributed by atoms with Gasteiger partial charge in [0.1, 0.15) is 0 Å². The lowest BCUT2D eigenvalue weighted by Gasteiger charge is -1.92. The average molecular weight is 272 g/mol. The summed E-state index contributed by atoms with van der Waals surface area (Å²) in [6.45, 7) is 2.15. The lowest BCUT2D eigenvalue weighted by atomic mass is 10.3. The van der Waals surface area contributed by atoms with Gasteiger partial charge in [0.15, 0.2) is 12.2 Å². The highest BCUT2D eigenvalue weighted by Gasteiger charge is 2.11. The molecular formula is C10H10BrNOS. The van der Waals surface area contributed by atoms with E-state index < -0.39 is 0 Å². The van der Waals surface area contributed by atoms with Crippen LogP contribution in [0.1, 0.15) is 17.5 Å². The second kappa shape index (κ2) is 4.28. The second-order valence-electron chi connectivity index (χ2n) is 2.88. The van der Waals surface area contributed by atoms with Gasteiger partial charge in [-0.3, -0.25) is 0 Å². The number of hydrogen-bond donors (Lipinski definition) is 0. The van der Waals surface area contributed by atoms with Crippen LogP contribution in [0.4, 0.5) is 0 Å². The highest BCUT2D eigenvalue weighted by atomic mass is 79.9. The maximum atomic E-state index is 5.37. The molecule has 0 spiro atoms. The lowest BCUT2D eigenvalue weighted by molar-refractivity contribution is 0.572. The van der Waals surface area contributed by atoms with Gasteiger partial charge in [0.2, 0.25) is 0 Å². The van der Waals surface area contributed by atoms with Crippen molar-refractivity contribution < 1.29 is 4.42 Å². The van der Waals surface area contributed by atoms with Crippen LogP contribution in [0, 0.1) is 0 Å². The summed E-state index contributed by atoms with van der Waals surface area (Å²) in [6, 6.07) is 4.23. The van der Waals surface area contributed by atoms with Crippen LogP contribution in [0.2, 0.25) is 0 Å². The maximum absolute atomic E-state index is 5.37. The first-order chi connectivity index (χ1) is 6.85. The van der Waals surface area contributed by atoms with Gasteiger partial charge in [-0.05, 0) is 18.6 Å². The Kier molecular flexibility index (Phi) is 3.03. The molecule has 2 heterocycles. The molecule has 0 saturated heterocycles. The van der Waals surface area contributed by atoms with Gasteiger partial charge in [-0.2, -0.15) is 0 Å². The van der Waals surface area contributed by atoms with Crippen molar-refractivity contribution in [3.05, 3.63) is 29.1 Å². The van der Waals surface area contributed by atoms with Gasteiger partial charge in [0.05, 0.1) is 10.6 Å². The summed E-state index contributed by atoms with van der Waals surface area (Å²) in [5, 5.41) is 0.734. The van der Waals surface area contributed by atoms with Gasteiger partial charge in [-0.1, -0.05) is 22.9 Å². The average Bonchev–Trinajstić information content (AvgIpc) is 2.85. The third kappa shape index (κ3) is 1.77. The predicted molar refractivity (Wildman–Crippen MR) is 61.8 cm³/mol. The van der Waals surface area contributed by atoms with E-state index in [9.17, 15) is 0 Å². The molecule has 2 nitrogen and oxygen atoms in total. The van der Waals surface area contributed by atoms with Crippen molar-refractivity contribution in [3.63, 3.8) is 0 Å². The van der Waals surface area contributed by atoms with Crippen molar-refractivity contribution in [2.75, 3.05) is 0 Å². The Labute approximate surface area is 95.1 Å². The lowest BCUT2D eigenvalue weighted by Crippen LogP contribution is -1.78. The summed E-state index contributed by atoms with van der Waals surface area (Å²) in [7, 11) is 0. The quantitative estimate of drug-likeness (QED) is 0.793. The second-order valence-corrected chi connectivity index (χ2v) is 4.61. The molecular weight excluding hydrogens is 262 g/mol. The van der Waals surface area contributed by atoms with E-state index in [-0.39, 0.29) is 0 Å². The molecule has 0 amide bonds. The van der Waals surface area contributed by atoms with E-state index in [1.165, 1.54) is 11.3 Å². The zero-order valence-corrected chi connectivity index (χ0v) is 10.2. The van der Waals surface area contributed by atoms with Crippen LogP contribution in [-0.4, -0.2) is 4.98 Å². The van der Waals surface area contributed by atoms with Crippen molar-refractivity contribution >= 4 is 27.3 Å². The van der Waals surface area contributed by atoms with Crippen molar-refractivity contribution in [3.8, 4) is 10.6 Å². The molecule has 0 radical (unpaired) electrons. The first kappa shape index (κ1) is 9.93. The number of alkyl halides is 1. The predicted octanol–water partition coefficient (Wildman–Crippen LogP) is 3.86. The molecule has 0 atom stereocenters. The van der Waals surface area contributed by atoms with Crippen molar-refractivity contribution in [2.24, 2.45) is 0 Å². The summed E-state index contributed by atoms with van der Waals surface area (Å²) >= 11 is 5.16. The SMILES string of the molecule is CCc1ccc(-c2ocnc2CBr)s1. The molecule has 0 bridgehead atoms. The molecule has 74 valence electrons. The molecule has 0 aliphatic carbocycles. The topological polar surface area (TPSA) is 26.0 Å². The minimum absolute atomic E-state index is 0.734. The van der Waals surface area contributed by atoms with Crippen molar-refractivity contribution in [1.82, 2.24) is 4.98 Å². The van der Waals surface area contributed by atoms with Gasteiger partial charge >= 0.3 is 0 Å². The van der Waals surface area contributed by atoms with Gasteiger partial charge in [-0.25, -0.2) is 4.98 Å². The fourth-order valence-corrected chi connectivity index (χ4v) is 2.61. The highest BCUT2D eigenvalue weighted by molar-refractivity contribution is 9.08. The van der Waals surface area contributed by atoms with Gasteiger partial charge < -0.3 is 4.42 Å². The Bertz CT molecular complexity index is 421. The molecule has 4 heteroatoms. The van der Waals surface area contributed by atoms with Crippen LogP contribution in [0.5, 0.6) is 0 Å². The van der Waals surface area contributed by atoms with Crippen LogP contribution in [-0.2, 0) is 11.8 Å². The number of oxazole rings is 1. The minimum atomic E-state index is 0.734. The Balaban J connectivity index is 2.38. The number of rotatable bonds is 3. The normalized spacial score (nSPS) is 10.7. The number of aryl methyl sites for hydroxylation is 1. The maximum Gasteiger partial charge on any atom is 0.181 e. The van der Waals surface area contributed by atoms with E-state index in [1.807, 2.05) is 0 Å². The van der Waals surface area contributed by atoms with Crippen LogP contribution in [0.15, 0.2) is 22.9 Å². The zero-order chi connectivity index (χ0) is 9.97. The molecule has 2 aromatic rings. The van der Waals surface area contributed by atoms with Gasteiger partial charge in [0, 0.05) is 10.2 Å². The molecule has 2 aromatic heterocycles.